The molecule has 0 saturated carbocycles. The number of ether oxygens (including phenoxy) is 1. The molecule has 1 amide bonds. The fourth-order valence-corrected chi connectivity index (χ4v) is 2.45. The lowest BCUT2D eigenvalue weighted by Gasteiger charge is -2.35. The second kappa shape index (κ2) is 6.02. The summed E-state index contributed by atoms with van der Waals surface area (Å²) in [4.78, 5) is 32.9. The SMILES string of the molecule is Cc1nc(C2COCCN2C(=O)c2ccnnc2)cc(=O)[nH]1. The molecule has 1 saturated heterocycles. The maximum Gasteiger partial charge on any atom is 0.256 e. The number of hydrogen-bond donors (Lipinski definition) is 1. The van der Waals surface area contributed by atoms with Crippen LogP contribution in [0.3, 0.4) is 0 Å². The predicted octanol–water partition coefficient (Wildman–Crippen LogP) is 0.0820. The molecule has 1 atom stereocenters. The van der Waals surface area contributed by atoms with Crippen LogP contribution in [0.25, 0.3) is 0 Å². The predicted molar refractivity (Wildman–Crippen MR) is 76.2 cm³/mol. The summed E-state index contributed by atoms with van der Waals surface area (Å²) in [6, 6.07) is 2.62. The highest BCUT2D eigenvalue weighted by molar-refractivity contribution is 5.94. The number of aryl methyl sites for hydroxylation is 1. The van der Waals surface area contributed by atoms with E-state index >= 15 is 0 Å². The van der Waals surface area contributed by atoms with E-state index in [9.17, 15) is 9.59 Å². The van der Waals surface area contributed by atoms with Crippen molar-refractivity contribution in [3.05, 3.63) is 52.0 Å². The number of rotatable bonds is 2. The maximum absolute atomic E-state index is 12.6. The highest BCUT2D eigenvalue weighted by Gasteiger charge is 2.30. The third-order valence-electron chi connectivity index (χ3n) is 3.44. The zero-order valence-electron chi connectivity index (χ0n) is 12.0. The highest BCUT2D eigenvalue weighted by atomic mass is 16.5. The summed E-state index contributed by atoms with van der Waals surface area (Å²) in [6.45, 7) is 2.88. The number of hydrogen-bond acceptors (Lipinski definition) is 6. The molecular weight excluding hydrogens is 286 g/mol. The van der Waals surface area contributed by atoms with Gasteiger partial charge in [-0.25, -0.2) is 4.98 Å². The Labute approximate surface area is 126 Å². The first kappa shape index (κ1) is 14.3. The standard InChI is InChI=1S/C14H15N5O3/c1-9-17-11(6-13(20)18-9)12-8-22-5-4-19(12)14(21)10-2-3-15-16-7-10/h2-3,6-7,12H,4-5,8H2,1H3,(H,17,18,20). The van der Waals surface area contributed by atoms with Crippen molar-refractivity contribution in [1.29, 1.82) is 0 Å². The quantitative estimate of drug-likeness (QED) is 0.843. The Bertz CT molecular complexity index is 731. The van der Waals surface area contributed by atoms with E-state index in [1.165, 1.54) is 18.5 Å². The van der Waals surface area contributed by atoms with Crippen molar-refractivity contribution < 1.29 is 9.53 Å². The summed E-state index contributed by atoms with van der Waals surface area (Å²) in [5.41, 5.74) is 0.728. The van der Waals surface area contributed by atoms with Gasteiger partial charge < -0.3 is 14.6 Å². The molecule has 2 aromatic rings. The number of nitrogens with one attached hydrogen (secondary N) is 1. The third-order valence-corrected chi connectivity index (χ3v) is 3.44. The van der Waals surface area contributed by atoms with E-state index in [-0.39, 0.29) is 11.5 Å². The summed E-state index contributed by atoms with van der Waals surface area (Å²) >= 11 is 0. The average molecular weight is 301 g/mol. The minimum atomic E-state index is -0.393. The lowest BCUT2D eigenvalue weighted by molar-refractivity contribution is -0.00404. The summed E-state index contributed by atoms with van der Waals surface area (Å²) < 4.78 is 5.46. The highest BCUT2D eigenvalue weighted by Crippen LogP contribution is 2.23. The van der Waals surface area contributed by atoms with Crippen LogP contribution in [0.15, 0.2) is 29.3 Å². The van der Waals surface area contributed by atoms with Crippen molar-refractivity contribution in [3.63, 3.8) is 0 Å². The zero-order chi connectivity index (χ0) is 15.5. The van der Waals surface area contributed by atoms with Gasteiger partial charge in [0.15, 0.2) is 0 Å². The van der Waals surface area contributed by atoms with Crippen molar-refractivity contribution in [3.8, 4) is 0 Å². The lowest BCUT2D eigenvalue weighted by Crippen LogP contribution is -2.44. The fraction of sp³-hybridized carbons (Fsp3) is 0.357. The number of carbonyl (C=O) groups excluding carboxylic acids is 1. The molecular formula is C14H15N5O3. The first-order valence-electron chi connectivity index (χ1n) is 6.88. The van der Waals surface area contributed by atoms with Crippen LogP contribution < -0.4 is 5.56 Å². The van der Waals surface area contributed by atoms with Crippen molar-refractivity contribution >= 4 is 5.91 Å². The molecule has 22 heavy (non-hydrogen) atoms. The van der Waals surface area contributed by atoms with E-state index in [4.69, 9.17) is 4.74 Å². The number of aromatic nitrogens is 4. The molecule has 3 heterocycles. The molecule has 1 unspecified atom stereocenters. The Morgan fingerprint density at radius 2 is 2.32 bits per heavy atom. The molecule has 1 aliphatic heterocycles. The van der Waals surface area contributed by atoms with Gasteiger partial charge >= 0.3 is 0 Å². The van der Waals surface area contributed by atoms with Crippen molar-refractivity contribution in [2.24, 2.45) is 0 Å². The topological polar surface area (TPSA) is 101 Å². The van der Waals surface area contributed by atoms with Crippen molar-refractivity contribution in [2.45, 2.75) is 13.0 Å². The molecule has 8 nitrogen and oxygen atoms in total. The second-order valence-electron chi connectivity index (χ2n) is 4.98. The Morgan fingerprint density at radius 1 is 1.45 bits per heavy atom. The van der Waals surface area contributed by atoms with Gasteiger partial charge in [0.1, 0.15) is 5.82 Å². The van der Waals surface area contributed by atoms with Crippen LogP contribution in [0.1, 0.15) is 27.9 Å². The van der Waals surface area contributed by atoms with Gasteiger partial charge in [-0.1, -0.05) is 0 Å². The van der Waals surface area contributed by atoms with E-state index in [2.05, 4.69) is 20.2 Å². The van der Waals surface area contributed by atoms with Gasteiger partial charge in [-0.05, 0) is 13.0 Å². The molecule has 114 valence electrons. The molecule has 8 heteroatoms. The van der Waals surface area contributed by atoms with E-state index < -0.39 is 6.04 Å². The van der Waals surface area contributed by atoms with Gasteiger partial charge in [-0.3, -0.25) is 9.59 Å². The molecule has 1 aliphatic rings. The maximum atomic E-state index is 12.6. The molecule has 0 spiro atoms. The minimum Gasteiger partial charge on any atom is -0.377 e. The van der Waals surface area contributed by atoms with Crippen molar-refractivity contribution in [1.82, 2.24) is 25.1 Å². The number of amides is 1. The van der Waals surface area contributed by atoms with Crippen LogP contribution >= 0.6 is 0 Å². The van der Waals surface area contributed by atoms with Gasteiger partial charge in [0, 0.05) is 12.6 Å². The van der Waals surface area contributed by atoms with Crippen LogP contribution in [0.2, 0.25) is 0 Å². The fourth-order valence-electron chi connectivity index (χ4n) is 2.45. The Balaban J connectivity index is 1.94. The molecule has 1 fully saturated rings. The molecule has 0 radical (unpaired) electrons. The van der Waals surface area contributed by atoms with E-state index in [0.717, 1.165) is 0 Å². The van der Waals surface area contributed by atoms with E-state index in [1.807, 2.05) is 0 Å². The monoisotopic (exact) mass is 301 g/mol. The molecule has 1 N–H and O–H groups in total. The van der Waals surface area contributed by atoms with E-state index in [1.54, 1.807) is 17.9 Å². The Hall–Kier alpha value is -2.61. The number of nitrogens with zero attached hydrogens (tertiary/aromatic N) is 4. The number of morpholine rings is 1. The molecule has 0 aliphatic carbocycles. The Morgan fingerprint density at radius 3 is 3.05 bits per heavy atom. The molecule has 3 rings (SSSR count). The summed E-state index contributed by atoms with van der Waals surface area (Å²) in [6.07, 6.45) is 2.89. The average Bonchev–Trinajstić information content (AvgIpc) is 2.54. The zero-order valence-corrected chi connectivity index (χ0v) is 12.0. The van der Waals surface area contributed by atoms with Crippen molar-refractivity contribution in [2.75, 3.05) is 19.8 Å². The number of carbonyl (C=O) groups is 1. The third kappa shape index (κ3) is 2.86. The normalized spacial score (nSPS) is 18.2. The van der Waals surface area contributed by atoms with Crippen LogP contribution in [0.5, 0.6) is 0 Å². The van der Waals surface area contributed by atoms with Gasteiger partial charge in [0.25, 0.3) is 11.5 Å². The van der Waals surface area contributed by atoms with Crippen LogP contribution in [0.4, 0.5) is 0 Å². The van der Waals surface area contributed by atoms with Crippen LogP contribution in [0, 0.1) is 6.92 Å². The summed E-state index contributed by atoms with van der Waals surface area (Å²) in [5.74, 6) is 0.328. The molecule has 0 aromatic carbocycles. The van der Waals surface area contributed by atoms with Crippen LogP contribution in [-0.2, 0) is 4.74 Å². The first-order chi connectivity index (χ1) is 10.6. The van der Waals surface area contributed by atoms with Gasteiger partial charge in [-0.15, -0.1) is 0 Å². The lowest BCUT2D eigenvalue weighted by atomic mass is 10.1. The number of aromatic amines is 1. The first-order valence-corrected chi connectivity index (χ1v) is 6.88. The Kier molecular flexibility index (Phi) is 3.92. The van der Waals surface area contributed by atoms with Gasteiger partial charge in [0.05, 0.1) is 42.9 Å². The number of H-pyrrole nitrogens is 1. The van der Waals surface area contributed by atoms with Gasteiger partial charge in [0.2, 0.25) is 0 Å². The second-order valence-corrected chi connectivity index (χ2v) is 4.98. The molecule has 2 aromatic heterocycles. The summed E-state index contributed by atoms with van der Waals surface area (Å²) in [7, 11) is 0. The molecule has 0 bridgehead atoms. The van der Waals surface area contributed by atoms with Gasteiger partial charge in [-0.2, -0.15) is 10.2 Å². The smallest absolute Gasteiger partial charge is 0.256 e. The van der Waals surface area contributed by atoms with E-state index in [0.29, 0.717) is 36.8 Å². The van der Waals surface area contributed by atoms with Crippen LogP contribution in [-0.4, -0.2) is 50.7 Å². The minimum absolute atomic E-state index is 0.178. The summed E-state index contributed by atoms with van der Waals surface area (Å²) in [5, 5.41) is 7.40. The largest absolute Gasteiger partial charge is 0.377 e.